The van der Waals surface area contributed by atoms with Gasteiger partial charge in [-0.2, -0.15) is 4.31 Å². The minimum Gasteiger partial charge on any atom is -0.392 e. The third kappa shape index (κ3) is 3.47. The monoisotopic (exact) mass is 311 g/mol. The lowest BCUT2D eigenvalue weighted by Gasteiger charge is -2.22. The molecule has 0 bridgehead atoms. The summed E-state index contributed by atoms with van der Waals surface area (Å²) in [5, 5.41) is 9.32. The molecule has 1 aromatic rings. The number of aliphatic hydroxyl groups is 1. The molecule has 5 heteroatoms. The van der Waals surface area contributed by atoms with E-state index in [1.54, 1.807) is 29.4 Å². The fourth-order valence-corrected chi connectivity index (χ4v) is 4.80. The van der Waals surface area contributed by atoms with Gasteiger partial charge < -0.3 is 5.11 Å². The Labute approximate surface area is 127 Å². The molecule has 1 aromatic carbocycles. The molecule has 1 saturated heterocycles. The number of rotatable bonds is 4. The Balaban J connectivity index is 2.30. The second-order valence-corrected chi connectivity index (χ2v) is 7.71. The molecule has 2 rings (SSSR count). The molecule has 0 aliphatic carbocycles. The molecular weight excluding hydrogens is 286 g/mol. The molecule has 4 nitrogen and oxygen atoms in total. The first-order valence-electron chi connectivity index (χ1n) is 7.70. The van der Waals surface area contributed by atoms with Crippen LogP contribution in [0, 0.1) is 12.8 Å². The lowest BCUT2D eigenvalue weighted by molar-refractivity contribution is 0.280. The van der Waals surface area contributed by atoms with E-state index in [1.807, 2.05) is 0 Å². The van der Waals surface area contributed by atoms with Crippen molar-refractivity contribution in [3.05, 3.63) is 29.3 Å². The molecule has 1 heterocycles. The van der Waals surface area contributed by atoms with Crippen molar-refractivity contribution in [2.24, 2.45) is 5.92 Å². The highest BCUT2D eigenvalue weighted by molar-refractivity contribution is 7.89. The van der Waals surface area contributed by atoms with Crippen molar-refractivity contribution in [3.63, 3.8) is 0 Å². The molecule has 1 unspecified atom stereocenters. The van der Waals surface area contributed by atoms with Crippen molar-refractivity contribution in [1.29, 1.82) is 0 Å². The maximum atomic E-state index is 12.9. The van der Waals surface area contributed by atoms with Crippen LogP contribution in [0.2, 0.25) is 0 Å². The summed E-state index contributed by atoms with van der Waals surface area (Å²) in [6, 6.07) is 5.12. The van der Waals surface area contributed by atoms with Crippen molar-refractivity contribution in [2.45, 2.75) is 51.0 Å². The molecule has 0 amide bonds. The van der Waals surface area contributed by atoms with Crippen LogP contribution < -0.4 is 0 Å². The largest absolute Gasteiger partial charge is 0.392 e. The molecular formula is C16H25NO3S. The quantitative estimate of drug-likeness (QED) is 0.930. The standard InChI is InChI=1S/C16H25NO3S/c1-3-14-6-5-10-17(11-9-14)21(19,20)16-8-4-7-15(12-18)13(16)2/h4,7-8,14,18H,3,5-6,9-12H2,1-2H3. The summed E-state index contributed by atoms with van der Waals surface area (Å²) in [7, 11) is -3.46. The normalized spacial score (nSPS) is 21.2. The van der Waals surface area contributed by atoms with Gasteiger partial charge in [-0.05, 0) is 49.3 Å². The Morgan fingerprint density at radius 1 is 1.29 bits per heavy atom. The van der Waals surface area contributed by atoms with Crippen LogP contribution in [0.3, 0.4) is 0 Å². The minimum absolute atomic E-state index is 0.132. The van der Waals surface area contributed by atoms with Crippen molar-refractivity contribution in [3.8, 4) is 0 Å². The first kappa shape index (κ1) is 16.5. The molecule has 21 heavy (non-hydrogen) atoms. The summed E-state index contributed by atoms with van der Waals surface area (Å²) in [6.45, 7) is 5.01. The van der Waals surface area contributed by atoms with Gasteiger partial charge in [-0.25, -0.2) is 8.42 Å². The van der Waals surface area contributed by atoms with Crippen LogP contribution in [-0.2, 0) is 16.6 Å². The van der Waals surface area contributed by atoms with E-state index in [0.717, 1.165) is 25.7 Å². The molecule has 118 valence electrons. The molecule has 0 radical (unpaired) electrons. The maximum absolute atomic E-state index is 12.9. The number of aliphatic hydroxyl groups excluding tert-OH is 1. The van der Waals surface area contributed by atoms with E-state index in [4.69, 9.17) is 0 Å². The van der Waals surface area contributed by atoms with Gasteiger partial charge in [0.25, 0.3) is 0 Å². The summed E-state index contributed by atoms with van der Waals surface area (Å²) in [4.78, 5) is 0.337. The van der Waals surface area contributed by atoms with Crippen molar-refractivity contribution < 1.29 is 13.5 Å². The number of sulfonamides is 1. The molecule has 0 aromatic heterocycles. The van der Waals surface area contributed by atoms with Crippen LogP contribution in [0.5, 0.6) is 0 Å². The molecule has 1 N–H and O–H groups in total. The average molecular weight is 311 g/mol. The topological polar surface area (TPSA) is 57.6 Å². The second kappa shape index (κ2) is 6.90. The Morgan fingerprint density at radius 3 is 2.71 bits per heavy atom. The molecule has 0 spiro atoms. The predicted octanol–water partition coefficient (Wildman–Crippen LogP) is 2.69. The van der Waals surface area contributed by atoms with E-state index >= 15 is 0 Å². The van der Waals surface area contributed by atoms with Crippen LogP contribution in [0.25, 0.3) is 0 Å². The molecule has 1 aliphatic heterocycles. The van der Waals surface area contributed by atoms with Gasteiger partial charge in [-0.3, -0.25) is 0 Å². The van der Waals surface area contributed by atoms with E-state index in [1.165, 1.54) is 0 Å². The Hall–Kier alpha value is -0.910. The number of benzene rings is 1. The van der Waals surface area contributed by atoms with Gasteiger partial charge in [-0.15, -0.1) is 0 Å². The van der Waals surface area contributed by atoms with Crippen LogP contribution in [0.4, 0.5) is 0 Å². The van der Waals surface area contributed by atoms with E-state index in [-0.39, 0.29) is 6.61 Å². The summed E-state index contributed by atoms with van der Waals surface area (Å²) in [6.07, 6.45) is 4.09. The smallest absolute Gasteiger partial charge is 0.243 e. The minimum atomic E-state index is -3.46. The van der Waals surface area contributed by atoms with Crippen LogP contribution in [-0.4, -0.2) is 30.9 Å². The molecule has 1 aliphatic rings. The lowest BCUT2D eigenvalue weighted by atomic mass is 9.98. The van der Waals surface area contributed by atoms with E-state index in [0.29, 0.717) is 35.0 Å². The summed E-state index contributed by atoms with van der Waals surface area (Å²) >= 11 is 0. The predicted molar refractivity (Wildman–Crippen MR) is 83.5 cm³/mol. The number of nitrogens with zero attached hydrogens (tertiary/aromatic N) is 1. The van der Waals surface area contributed by atoms with E-state index in [2.05, 4.69) is 6.92 Å². The van der Waals surface area contributed by atoms with Crippen LogP contribution in [0.1, 0.15) is 43.7 Å². The van der Waals surface area contributed by atoms with E-state index in [9.17, 15) is 13.5 Å². The molecule has 0 saturated carbocycles. The first-order chi connectivity index (χ1) is 10.0. The van der Waals surface area contributed by atoms with E-state index < -0.39 is 10.0 Å². The first-order valence-corrected chi connectivity index (χ1v) is 9.14. The average Bonchev–Trinajstić information content (AvgIpc) is 2.73. The van der Waals surface area contributed by atoms with Crippen molar-refractivity contribution in [2.75, 3.05) is 13.1 Å². The zero-order valence-electron chi connectivity index (χ0n) is 12.9. The summed E-state index contributed by atoms with van der Waals surface area (Å²) in [5.74, 6) is 0.634. The summed E-state index contributed by atoms with van der Waals surface area (Å²) < 4.78 is 27.4. The van der Waals surface area contributed by atoms with Gasteiger partial charge >= 0.3 is 0 Å². The maximum Gasteiger partial charge on any atom is 0.243 e. The Bertz CT molecular complexity index is 583. The zero-order chi connectivity index (χ0) is 15.5. The fourth-order valence-electron chi connectivity index (χ4n) is 3.04. The molecule has 1 atom stereocenters. The Kier molecular flexibility index (Phi) is 5.41. The highest BCUT2D eigenvalue weighted by Gasteiger charge is 2.28. The van der Waals surface area contributed by atoms with Gasteiger partial charge in [0.1, 0.15) is 0 Å². The second-order valence-electron chi connectivity index (χ2n) is 5.81. The van der Waals surface area contributed by atoms with Gasteiger partial charge in [0.05, 0.1) is 11.5 Å². The van der Waals surface area contributed by atoms with Gasteiger partial charge in [-0.1, -0.05) is 25.5 Å². The lowest BCUT2D eigenvalue weighted by Crippen LogP contribution is -2.32. The number of hydrogen-bond acceptors (Lipinski definition) is 3. The molecule has 1 fully saturated rings. The van der Waals surface area contributed by atoms with Crippen LogP contribution >= 0.6 is 0 Å². The summed E-state index contributed by atoms with van der Waals surface area (Å²) in [5.41, 5.74) is 1.34. The van der Waals surface area contributed by atoms with Gasteiger partial charge in [0.15, 0.2) is 0 Å². The van der Waals surface area contributed by atoms with Crippen LogP contribution in [0.15, 0.2) is 23.1 Å². The number of hydrogen-bond donors (Lipinski definition) is 1. The highest BCUT2D eigenvalue weighted by Crippen LogP contribution is 2.27. The van der Waals surface area contributed by atoms with Crippen molar-refractivity contribution >= 4 is 10.0 Å². The van der Waals surface area contributed by atoms with Crippen molar-refractivity contribution in [1.82, 2.24) is 4.31 Å². The van der Waals surface area contributed by atoms with Gasteiger partial charge in [0.2, 0.25) is 10.0 Å². The fraction of sp³-hybridized carbons (Fsp3) is 0.625. The highest BCUT2D eigenvalue weighted by atomic mass is 32.2. The zero-order valence-corrected chi connectivity index (χ0v) is 13.7. The van der Waals surface area contributed by atoms with Gasteiger partial charge in [0, 0.05) is 13.1 Å². The Morgan fingerprint density at radius 2 is 2.05 bits per heavy atom. The SMILES string of the molecule is CCC1CCCN(S(=O)(=O)c2cccc(CO)c2C)CC1. The third-order valence-electron chi connectivity index (χ3n) is 4.57. The third-order valence-corrected chi connectivity index (χ3v) is 6.61.